The molecule has 0 radical (unpaired) electrons. The third-order valence-corrected chi connectivity index (χ3v) is 10.5. The maximum atomic E-state index is 12.4. The Hall–Kier alpha value is -1.05. The Balaban J connectivity index is 2.26. The van der Waals surface area contributed by atoms with E-state index in [0.29, 0.717) is 0 Å². The number of hydrogen-bond acceptors (Lipinski definition) is 7. The third kappa shape index (κ3) is 6.46. The van der Waals surface area contributed by atoms with E-state index in [2.05, 4.69) is 45.0 Å². The molecule has 1 aromatic rings. The molecule has 4 unspecified atom stereocenters. The molecular formula is C19H37N3O5Si2. The second-order valence-corrected chi connectivity index (χ2v) is 17.6. The van der Waals surface area contributed by atoms with E-state index in [9.17, 15) is 9.90 Å². The van der Waals surface area contributed by atoms with Crippen molar-refractivity contribution in [3.8, 4) is 0 Å². The Morgan fingerprint density at radius 2 is 1.83 bits per heavy atom. The molecule has 3 N–H and O–H groups in total. The molecule has 1 aliphatic heterocycles. The van der Waals surface area contributed by atoms with Gasteiger partial charge in [-0.1, -0.05) is 26.7 Å². The minimum absolute atomic E-state index is 0.148. The topological polar surface area (TPSA) is 109 Å². The van der Waals surface area contributed by atoms with Gasteiger partial charge in [-0.2, -0.15) is 4.98 Å². The van der Waals surface area contributed by atoms with Crippen molar-refractivity contribution in [1.82, 2.24) is 9.55 Å². The number of nitrogens with zero attached hydrogens (tertiary/aromatic N) is 2. The average molecular weight is 444 g/mol. The number of rotatable bonds is 10. The van der Waals surface area contributed by atoms with Gasteiger partial charge in [0.2, 0.25) is 0 Å². The van der Waals surface area contributed by atoms with Gasteiger partial charge in [0.15, 0.2) is 22.9 Å². The van der Waals surface area contributed by atoms with Crippen LogP contribution in [-0.4, -0.2) is 56.2 Å². The fourth-order valence-electron chi connectivity index (χ4n) is 3.84. The second kappa shape index (κ2) is 9.84. The molecule has 1 aromatic heterocycles. The zero-order valence-corrected chi connectivity index (χ0v) is 20.6. The highest BCUT2D eigenvalue weighted by Gasteiger charge is 2.48. The van der Waals surface area contributed by atoms with Crippen molar-refractivity contribution < 1.29 is 18.7 Å². The lowest BCUT2D eigenvalue weighted by Gasteiger charge is -2.31. The molecule has 8 nitrogen and oxygen atoms in total. The number of aliphatic hydroxyl groups excluding tert-OH is 1. The Kier molecular flexibility index (Phi) is 8.22. The number of aliphatic hydroxyl groups is 1. The first-order valence-electron chi connectivity index (χ1n) is 10.5. The zero-order valence-electron chi connectivity index (χ0n) is 18.6. The van der Waals surface area contributed by atoms with Gasteiger partial charge < -0.3 is 24.4 Å². The van der Waals surface area contributed by atoms with Gasteiger partial charge in [0.05, 0.1) is 6.61 Å². The lowest BCUT2D eigenvalue weighted by molar-refractivity contribution is -0.0505. The summed E-state index contributed by atoms with van der Waals surface area (Å²) in [5, 5.41) is 11.0. The minimum Gasteiger partial charge on any atom is -0.415 e. The number of aromatic nitrogens is 2. The largest absolute Gasteiger partial charge is 0.415 e. The molecule has 1 saturated heterocycles. The molecule has 29 heavy (non-hydrogen) atoms. The lowest BCUT2D eigenvalue weighted by atomic mass is 10.1. The van der Waals surface area contributed by atoms with Crippen LogP contribution in [-0.2, 0) is 13.6 Å². The highest BCUT2D eigenvalue weighted by molar-refractivity contribution is 6.71. The number of hydrogen-bond donors (Lipinski definition) is 2. The molecule has 166 valence electrons. The monoisotopic (exact) mass is 443 g/mol. The predicted molar refractivity (Wildman–Crippen MR) is 119 cm³/mol. The summed E-state index contributed by atoms with van der Waals surface area (Å²) < 4.78 is 20.1. The molecule has 0 amide bonds. The maximum Gasteiger partial charge on any atom is 0.351 e. The van der Waals surface area contributed by atoms with Crippen LogP contribution in [0.5, 0.6) is 0 Å². The first kappa shape index (κ1) is 24.2. The van der Waals surface area contributed by atoms with Crippen molar-refractivity contribution in [3.63, 3.8) is 0 Å². The van der Waals surface area contributed by atoms with E-state index in [1.807, 2.05) is 0 Å². The van der Waals surface area contributed by atoms with Crippen molar-refractivity contribution in [2.75, 3.05) is 12.3 Å². The van der Waals surface area contributed by atoms with Gasteiger partial charge in [0.1, 0.15) is 24.1 Å². The van der Waals surface area contributed by atoms with Gasteiger partial charge in [-0.25, -0.2) is 4.79 Å². The van der Waals surface area contributed by atoms with Crippen molar-refractivity contribution >= 4 is 22.5 Å². The molecule has 0 bridgehead atoms. The molecule has 2 rings (SSSR count). The Labute approximate surface area is 175 Å². The van der Waals surface area contributed by atoms with Gasteiger partial charge in [0.25, 0.3) is 0 Å². The van der Waals surface area contributed by atoms with E-state index >= 15 is 0 Å². The molecule has 10 heteroatoms. The molecule has 4 atom stereocenters. The first-order chi connectivity index (χ1) is 13.5. The van der Waals surface area contributed by atoms with Crippen LogP contribution in [0.4, 0.5) is 5.82 Å². The van der Waals surface area contributed by atoms with Crippen LogP contribution >= 0.6 is 0 Å². The summed E-state index contributed by atoms with van der Waals surface area (Å²) in [7, 11) is -3.87. The summed E-state index contributed by atoms with van der Waals surface area (Å²) in [6.07, 6.45) is 0.732. The highest BCUT2D eigenvalue weighted by Crippen LogP contribution is 2.34. The molecule has 2 heterocycles. The first-order valence-corrected chi connectivity index (χ1v) is 16.7. The summed E-state index contributed by atoms with van der Waals surface area (Å²) in [5.74, 6) is 0.148. The SMILES string of the molecule is CCC[Si](C)(C)OCC1OC(n2ccc(N)nc2=O)C(O[Si](C)(C)CCC)C1O. The molecular weight excluding hydrogens is 406 g/mol. The van der Waals surface area contributed by atoms with Crippen LogP contribution in [0.25, 0.3) is 0 Å². The molecule has 0 spiro atoms. The molecule has 0 saturated carbocycles. The van der Waals surface area contributed by atoms with Crippen LogP contribution < -0.4 is 11.4 Å². The van der Waals surface area contributed by atoms with Crippen molar-refractivity contribution in [2.24, 2.45) is 0 Å². The van der Waals surface area contributed by atoms with Gasteiger partial charge in [0, 0.05) is 6.20 Å². The number of nitrogen functional groups attached to an aromatic ring is 1. The molecule has 0 aliphatic carbocycles. The fourth-order valence-corrected chi connectivity index (χ4v) is 8.12. The zero-order chi connectivity index (χ0) is 21.8. The molecule has 1 fully saturated rings. The molecule has 0 aromatic carbocycles. The van der Waals surface area contributed by atoms with Crippen LogP contribution in [0.2, 0.25) is 38.3 Å². The fraction of sp³-hybridized carbons (Fsp3) is 0.789. The van der Waals surface area contributed by atoms with Crippen LogP contribution in [0.15, 0.2) is 17.1 Å². The van der Waals surface area contributed by atoms with Crippen molar-refractivity contribution in [2.45, 2.75) is 89.5 Å². The van der Waals surface area contributed by atoms with E-state index in [4.69, 9.17) is 19.3 Å². The number of ether oxygens (including phenoxy) is 1. The number of nitrogens with two attached hydrogens (primary N) is 1. The van der Waals surface area contributed by atoms with E-state index in [1.165, 1.54) is 4.57 Å². The van der Waals surface area contributed by atoms with Gasteiger partial charge in [-0.3, -0.25) is 4.57 Å². The Morgan fingerprint density at radius 1 is 1.21 bits per heavy atom. The number of anilines is 1. The second-order valence-electron chi connectivity index (χ2n) is 9.01. The third-order valence-electron chi connectivity index (χ3n) is 5.24. The van der Waals surface area contributed by atoms with E-state index in [0.717, 1.165) is 24.9 Å². The summed E-state index contributed by atoms with van der Waals surface area (Å²) in [5.41, 5.74) is 5.11. The highest BCUT2D eigenvalue weighted by atomic mass is 28.4. The quantitative estimate of drug-likeness (QED) is 0.535. The van der Waals surface area contributed by atoms with Gasteiger partial charge >= 0.3 is 5.69 Å². The average Bonchev–Trinajstić information content (AvgIpc) is 2.89. The van der Waals surface area contributed by atoms with Gasteiger partial charge in [-0.05, 0) is 44.3 Å². The van der Waals surface area contributed by atoms with Crippen molar-refractivity contribution in [3.05, 3.63) is 22.7 Å². The lowest BCUT2D eigenvalue weighted by Crippen LogP contribution is -2.45. The summed E-state index contributed by atoms with van der Waals surface area (Å²) in [6, 6.07) is 3.54. The van der Waals surface area contributed by atoms with Crippen molar-refractivity contribution in [1.29, 1.82) is 0 Å². The Morgan fingerprint density at radius 3 is 2.41 bits per heavy atom. The standard InChI is InChI=1S/C19H37N3O5Si2/c1-7-11-28(3,4)25-13-14-16(23)17(27-29(5,6)12-8-2)18(26-14)22-10-9-15(20)21-19(22)24/h9-10,14,16-18,23H,7-8,11-13H2,1-6H3,(H2,20,21,24). The Bertz CT molecular complexity index is 728. The summed E-state index contributed by atoms with van der Waals surface area (Å²) in [6.45, 7) is 13.1. The van der Waals surface area contributed by atoms with Gasteiger partial charge in [-0.15, -0.1) is 0 Å². The van der Waals surface area contributed by atoms with Crippen LogP contribution in [0, 0.1) is 0 Å². The maximum absolute atomic E-state index is 12.4. The van der Waals surface area contributed by atoms with Crippen LogP contribution in [0.3, 0.4) is 0 Å². The summed E-state index contributed by atoms with van der Waals surface area (Å²) in [4.78, 5) is 16.2. The molecule has 1 aliphatic rings. The summed E-state index contributed by atoms with van der Waals surface area (Å²) >= 11 is 0. The van der Waals surface area contributed by atoms with E-state index < -0.39 is 46.9 Å². The predicted octanol–water partition coefficient (Wildman–Crippen LogP) is 2.72. The van der Waals surface area contributed by atoms with E-state index in [1.54, 1.807) is 12.3 Å². The van der Waals surface area contributed by atoms with Crippen LogP contribution in [0.1, 0.15) is 32.9 Å². The van der Waals surface area contributed by atoms with E-state index in [-0.39, 0.29) is 12.4 Å². The minimum atomic E-state index is -2.05. The smallest absolute Gasteiger partial charge is 0.351 e. The normalized spacial score (nSPS) is 25.5.